The number of hydrogen-bond donors (Lipinski definition) is 0. The van der Waals surface area contributed by atoms with Gasteiger partial charge in [0.25, 0.3) is 11.1 Å². The van der Waals surface area contributed by atoms with Crippen LogP contribution < -0.4 is 16.6 Å². The minimum atomic E-state index is -0.730. The van der Waals surface area contributed by atoms with Gasteiger partial charge in [-0.1, -0.05) is 29.7 Å². The SMILES string of the molecule is [B]c1cc2c(=O)n(-c3ccccc3)c(=O)c3cc(F)c4c5cc(F)ccc5oc1c4c23. The zero-order valence-electron chi connectivity index (χ0n) is 15.8. The Morgan fingerprint density at radius 1 is 0.774 bits per heavy atom. The fourth-order valence-corrected chi connectivity index (χ4v) is 4.35. The minimum absolute atomic E-state index is 0.0133. The van der Waals surface area contributed by atoms with E-state index in [1.165, 1.54) is 18.2 Å². The third-order valence-corrected chi connectivity index (χ3v) is 5.64. The number of pyridine rings is 1. The van der Waals surface area contributed by atoms with Gasteiger partial charge in [-0.15, -0.1) is 0 Å². The van der Waals surface area contributed by atoms with E-state index >= 15 is 4.39 Å². The Hall–Kier alpha value is -4.00. The third-order valence-electron chi connectivity index (χ3n) is 5.64. The monoisotopic (exact) mass is 409 g/mol. The molecule has 0 saturated heterocycles. The molecule has 7 heteroatoms. The van der Waals surface area contributed by atoms with Gasteiger partial charge in [0.2, 0.25) is 0 Å². The molecule has 4 aromatic carbocycles. The predicted molar refractivity (Wildman–Crippen MR) is 117 cm³/mol. The largest absolute Gasteiger partial charge is 0.457 e. The number of aromatic nitrogens is 1. The molecule has 146 valence electrons. The quantitative estimate of drug-likeness (QED) is 0.235. The number of para-hydroxylation sites is 1. The van der Waals surface area contributed by atoms with Crippen LogP contribution in [0.2, 0.25) is 0 Å². The molecule has 0 amide bonds. The van der Waals surface area contributed by atoms with Crippen LogP contribution in [0.1, 0.15) is 0 Å². The van der Waals surface area contributed by atoms with E-state index in [9.17, 15) is 14.0 Å². The second-order valence-electron chi connectivity index (χ2n) is 7.40. The Morgan fingerprint density at radius 2 is 1.48 bits per heavy atom. The second kappa shape index (κ2) is 6.01. The smallest absolute Gasteiger partial charge is 0.266 e. The van der Waals surface area contributed by atoms with Crippen molar-refractivity contribution >= 4 is 56.8 Å². The lowest BCUT2D eigenvalue weighted by atomic mass is 9.87. The standard InChI is InChI=1S/C24H10BF2NO3/c25-16-9-14-19-15(24(30)28(23(14)29)12-4-2-1-3-5-12)10-17(27)20-13-8-11(26)6-7-18(13)31-22(16)21(19)20/h1-10H. The predicted octanol–water partition coefficient (Wildman–Crippen LogP) is 3.91. The van der Waals surface area contributed by atoms with Crippen LogP contribution in [0.4, 0.5) is 8.78 Å². The molecular formula is C24H10BF2NO3. The maximum absolute atomic E-state index is 15.4. The van der Waals surface area contributed by atoms with Crippen LogP contribution in [0, 0.1) is 11.6 Å². The molecule has 2 radical (unpaired) electrons. The van der Waals surface area contributed by atoms with E-state index in [0.29, 0.717) is 5.69 Å². The van der Waals surface area contributed by atoms with E-state index in [4.69, 9.17) is 12.3 Å². The summed E-state index contributed by atoms with van der Waals surface area (Å²) in [6.45, 7) is 0. The van der Waals surface area contributed by atoms with Gasteiger partial charge in [-0.3, -0.25) is 9.59 Å². The van der Waals surface area contributed by atoms with Crippen molar-refractivity contribution in [2.45, 2.75) is 0 Å². The van der Waals surface area contributed by atoms with Crippen LogP contribution in [-0.4, -0.2) is 12.4 Å². The molecule has 6 rings (SSSR count). The van der Waals surface area contributed by atoms with Crippen molar-refractivity contribution in [3.05, 3.63) is 93.0 Å². The van der Waals surface area contributed by atoms with Crippen molar-refractivity contribution in [3.8, 4) is 5.69 Å². The summed E-state index contributed by atoms with van der Waals surface area (Å²) in [6.07, 6.45) is 0. The van der Waals surface area contributed by atoms with Crippen LogP contribution in [0.25, 0.3) is 49.2 Å². The molecule has 0 spiro atoms. The lowest BCUT2D eigenvalue weighted by Crippen LogP contribution is -2.32. The number of rotatable bonds is 1. The van der Waals surface area contributed by atoms with E-state index in [2.05, 4.69) is 0 Å². The van der Waals surface area contributed by atoms with Crippen LogP contribution in [-0.2, 0) is 0 Å². The Morgan fingerprint density at radius 3 is 2.23 bits per heavy atom. The highest BCUT2D eigenvalue weighted by molar-refractivity contribution is 6.43. The molecule has 4 nitrogen and oxygen atoms in total. The Kier molecular flexibility index (Phi) is 3.46. The zero-order chi connectivity index (χ0) is 21.4. The van der Waals surface area contributed by atoms with Crippen molar-refractivity contribution in [3.63, 3.8) is 0 Å². The summed E-state index contributed by atoms with van der Waals surface area (Å²) >= 11 is 0. The first kappa shape index (κ1) is 17.8. The lowest BCUT2D eigenvalue weighted by Gasteiger charge is -2.16. The van der Waals surface area contributed by atoms with Crippen molar-refractivity contribution in [2.24, 2.45) is 0 Å². The van der Waals surface area contributed by atoms with Crippen LogP contribution in [0.15, 0.2) is 74.7 Å². The minimum Gasteiger partial charge on any atom is -0.457 e. The number of nitrogens with zero attached hydrogens (tertiary/aromatic N) is 1. The van der Waals surface area contributed by atoms with Crippen molar-refractivity contribution in [1.82, 2.24) is 4.57 Å². The van der Waals surface area contributed by atoms with Gasteiger partial charge in [0.1, 0.15) is 30.6 Å². The first-order valence-corrected chi connectivity index (χ1v) is 9.46. The van der Waals surface area contributed by atoms with E-state index in [1.807, 2.05) is 0 Å². The average Bonchev–Trinajstić information content (AvgIpc) is 2.76. The number of hydrogen-bond acceptors (Lipinski definition) is 3. The summed E-state index contributed by atoms with van der Waals surface area (Å²) in [5, 5.41) is 0.851. The molecule has 0 aliphatic carbocycles. The highest BCUT2D eigenvalue weighted by Crippen LogP contribution is 2.38. The molecule has 0 bridgehead atoms. The number of benzene rings is 4. The maximum Gasteiger partial charge on any atom is 0.266 e. The summed E-state index contributed by atoms with van der Waals surface area (Å²) in [5.41, 5.74) is -0.381. The fraction of sp³-hybridized carbons (Fsp3) is 0. The Labute approximate surface area is 173 Å². The van der Waals surface area contributed by atoms with E-state index in [-0.39, 0.29) is 48.9 Å². The summed E-state index contributed by atoms with van der Waals surface area (Å²) in [6, 6.07) is 14.6. The molecule has 2 aromatic heterocycles. The number of fused-ring (bicyclic) bond motifs is 2. The van der Waals surface area contributed by atoms with Gasteiger partial charge in [0.15, 0.2) is 0 Å². The summed E-state index contributed by atoms with van der Waals surface area (Å²) in [5.74, 6) is -1.30. The molecule has 6 aromatic rings. The second-order valence-corrected chi connectivity index (χ2v) is 7.40. The Bertz CT molecular complexity index is 1770. The molecule has 0 saturated carbocycles. The number of halogens is 2. The lowest BCUT2D eigenvalue weighted by molar-refractivity contribution is 0.623. The van der Waals surface area contributed by atoms with Gasteiger partial charge in [-0.2, -0.15) is 0 Å². The first-order chi connectivity index (χ1) is 15.0. The van der Waals surface area contributed by atoms with E-state index in [0.717, 1.165) is 16.7 Å². The van der Waals surface area contributed by atoms with Gasteiger partial charge >= 0.3 is 0 Å². The summed E-state index contributed by atoms with van der Waals surface area (Å²) < 4.78 is 36.2. The van der Waals surface area contributed by atoms with E-state index in [1.54, 1.807) is 30.3 Å². The molecule has 0 atom stereocenters. The molecule has 0 N–H and O–H groups in total. The van der Waals surface area contributed by atoms with Crippen LogP contribution >= 0.6 is 0 Å². The molecule has 0 aliphatic heterocycles. The molecule has 0 unspecified atom stereocenters. The summed E-state index contributed by atoms with van der Waals surface area (Å²) in [4.78, 5) is 26.6. The van der Waals surface area contributed by atoms with Crippen molar-refractivity contribution < 1.29 is 13.2 Å². The highest BCUT2D eigenvalue weighted by Gasteiger charge is 2.23. The molecule has 2 heterocycles. The van der Waals surface area contributed by atoms with Gasteiger partial charge in [0.05, 0.1) is 11.1 Å². The Balaban J connectivity index is 1.95. The molecular weight excluding hydrogens is 399 g/mol. The van der Waals surface area contributed by atoms with Crippen molar-refractivity contribution in [2.75, 3.05) is 0 Å². The molecule has 0 aliphatic rings. The first-order valence-electron chi connectivity index (χ1n) is 9.46. The normalized spacial score (nSPS) is 11.9. The van der Waals surface area contributed by atoms with Crippen LogP contribution in [0.5, 0.6) is 0 Å². The molecule has 0 fully saturated rings. The maximum atomic E-state index is 15.4. The molecule has 31 heavy (non-hydrogen) atoms. The zero-order valence-corrected chi connectivity index (χ0v) is 15.8. The highest BCUT2D eigenvalue weighted by atomic mass is 19.1. The van der Waals surface area contributed by atoms with Crippen LogP contribution in [0.3, 0.4) is 0 Å². The van der Waals surface area contributed by atoms with Gasteiger partial charge < -0.3 is 4.42 Å². The van der Waals surface area contributed by atoms with Crippen molar-refractivity contribution in [1.29, 1.82) is 0 Å². The average molecular weight is 409 g/mol. The van der Waals surface area contributed by atoms with E-state index < -0.39 is 22.8 Å². The fourth-order valence-electron chi connectivity index (χ4n) is 4.35. The van der Waals surface area contributed by atoms with Gasteiger partial charge in [-0.05, 0) is 36.4 Å². The van der Waals surface area contributed by atoms with Gasteiger partial charge in [0, 0.05) is 26.9 Å². The topological polar surface area (TPSA) is 52.2 Å². The van der Waals surface area contributed by atoms with Gasteiger partial charge in [-0.25, -0.2) is 13.3 Å². The summed E-state index contributed by atoms with van der Waals surface area (Å²) in [7, 11) is 6.19. The third kappa shape index (κ3) is 2.28.